The highest BCUT2D eigenvalue weighted by Gasteiger charge is 2.14. The van der Waals surface area contributed by atoms with Crippen LogP contribution in [0.4, 0.5) is 0 Å². The molecule has 1 heteroatoms. The summed E-state index contributed by atoms with van der Waals surface area (Å²) < 4.78 is 0. The Labute approximate surface area is 110 Å². The minimum absolute atomic E-state index is 0.139. The third kappa shape index (κ3) is 91.1. The molecule has 0 rings (SSSR count). The molecule has 0 heterocycles. The maximum absolute atomic E-state index is 10.5. The molecule has 0 aliphatic carbocycles. The molecule has 0 fully saturated rings. The van der Waals surface area contributed by atoms with Gasteiger partial charge in [-0.25, -0.2) is 0 Å². The zero-order chi connectivity index (χ0) is 15.1. The molecule has 0 radical (unpaired) electrons. The van der Waals surface area contributed by atoms with E-state index in [-0.39, 0.29) is 11.2 Å². The van der Waals surface area contributed by atoms with Crippen molar-refractivity contribution in [2.24, 2.45) is 16.2 Å². The van der Waals surface area contributed by atoms with Crippen LogP contribution in [0.25, 0.3) is 0 Å². The molecule has 1 nitrogen and oxygen atoms in total. The standard InChI is InChI=1S/C6H12O.2C5H12/c1-5(7)6(2,3)4;2*1-5(2,3)4/h1-4H3;2*1-4H3. The summed E-state index contributed by atoms with van der Waals surface area (Å²) in [6.07, 6.45) is 0. The number of rotatable bonds is 0. The number of carbonyl (C=O) groups is 1. The molecule has 0 aromatic rings. The number of hydrogen-bond donors (Lipinski definition) is 0. The van der Waals surface area contributed by atoms with Gasteiger partial charge < -0.3 is 0 Å². The molecule has 106 valence electrons. The van der Waals surface area contributed by atoms with Crippen LogP contribution < -0.4 is 0 Å². The average molecular weight is 244 g/mol. The third-order valence-electron chi connectivity index (χ3n) is 1.06. The number of Topliss-reactive ketones (excluding diaryl/α,β-unsaturated/α-hetero) is 1. The van der Waals surface area contributed by atoms with Gasteiger partial charge in [0, 0.05) is 5.41 Å². The normalized spacial score (nSPS) is 11.8. The van der Waals surface area contributed by atoms with Gasteiger partial charge in [0.25, 0.3) is 0 Å². The Balaban J connectivity index is -0.000000177. The van der Waals surface area contributed by atoms with E-state index in [1.165, 1.54) is 0 Å². The molecule has 0 saturated carbocycles. The van der Waals surface area contributed by atoms with E-state index < -0.39 is 0 Å². The highest BCUT2D eigenvalue weighted by molar-refractivity contribution is 5.80. The van der Waals surface area contributed by atoms with Crippen molar-refractivity contribution in [1.29, 1.82) is 0 Å². The van der Waals surface area contributed by atoms with Gasteiger partial charge in [-0.05, 0) is 17.8 Å². The summed E-state index contributed by atoms with van der Waals surface area (Å²) >= 11 is 0. The maximum atomic E-state index is 10.5. The summed E-state index contributed by atoms with van der Waals surface area (Å²) in [6, 6.07) is 0. The van der Waals surface area contributed by atoms with E-state index >= 15 is 0 Å². The highest BCUT2D eigenvalue weighted by Crippen LogP contribution is 2.12. The summed E-state index contributed by atoms with van der Waals surface area (Å²) in [5.74, 6) is 0.243. The van der Waals surface area contributed by atoms with E-state index in [1.807, 2.05) is 20.8 Å². The molecule has 0 aromatic heterocycles. The van der Waals surface area contributed by atoms with Crippen molar-refractivity contribution < 1.29 is 4.79 Å². The first-order valence-corrected chi connectivity index (χ1v) is 6.45. The van der Waals surface area contributed by atoms with Crippen LogP contribution in [0.1, 0.15) is 83.1 Å². The Kier molecular flexibility index (Phi) is 10.2. The van der Waals surface area contributed by atoms with Crippen LogP contribution in [0.15, 0.2) is 0 Å². The van der Waals surface area contributed by atoms with Gasteiger partial charge in [0.15, 0.2) is 0 Å². The van der Waals surface area contributed by atoms with Gasteiger partial charge in [0.2, 0.25) is 0 Å². The average Bonchev–Trinajstić information content (AvgIpc) is 1.74. The summed E-state index contributed by atoms with van der Waals surface area (Å²) in [5, 5.41) is 0. The predicted octanol–water partition coefficient (Wildman–Crippen LogP) is 5.73. The zero-order valence-corrected chi connectivity index (χ0v) is 14.4. The van der Waals surface area contributed by atoms with Crippen LogP contribution in [0, 0.1) is 16.2 Å². The minimum atomic E-state index is -0.139. The van der Waals surface area contributed by atoms with Gasteiger partial charge in [-0.1, -0.05) is 76.2 Å². The second-order valence-electron chi connectivity index (χ2n) is 8.81. The second kappa shape index (κ2) is 7.89. The van der Waals surface area contributed by atoms with Gasteiger partial charge in [-0.3, -0.25) is 4.79 Å². The van der Waals surface area contributed by atoms with Gasteiger partial charge in [0.05, 0.1) is 0 Å². The van der Waals surface area contributed by atoms with Crippen LogP contribution in [-0.4, -0.2) is 5.78 Å². The fourth-order valence-corrected chi connectivity index (χ4v) is 0. The van der Waals surface area contributed by atoms with Crippen molar-refractivity contribution in [1.82, 2.24) is 0 Å². The lowest BCUT2D eigenvalue weighted by atomic mass is 9.92. The van der Waals surface area contributed by atoms with Crippen LogP contribution in [0.2, 0.25) is 0 Å². The van der Waals surface area contributed by atoms with Crippen molar-refractivity contribution >= 4 is 5.78 Å². The zero-order valence-electron chi connectivity index (χ0n) is 14.4. The Morgan fingerprint density at radius 3 is 0.647 bits per heavy atom. The van der Waals surface area contributed by atoms with Crippen molar-refractivity contribution in [2.75, 3.05) is 0 Å². The molecule has 0 amide bonds. The molecule has 0 aliphatic rings. The fraction of sp³-hybridized carbons (Fsp3) is 0.938. The molecular formula is C16H36O. The van der Waals surface area contributed by atoms with Crippen LogP contribution >= 0.6 is 0 Å². The summed E-state index contributed by atoms with van der Waals surface area (Å²) in [7, 11) is 0. The lowest BCUT2D eigenvalue weighted by Crippen LogP contribution is -2.15. The first kappa shape index (κ1) is 21.9. The predicted molar refractivity (Wildman–Crippen MR) is 80.4 cm³/mol. The maximum Gasteiger partial charge on any atom is 0.135 e. The van der Waals surface area contributed by atoms with Crippen molar-refractivity contribution in [2.45, 2.75) is 83.1 Å². The van der Waals surface area contributed by atoms with E-state index in [9.17, 15) is 4.79 Å². The van der Waals surface area contributed by atoms with E-state index in [1.54, 1.807) is 6.92 Å². The molecule has 0 spiro atoms. The van der Waals surface area contributed by atoms with Crippen molar-refractivity contribution in [3.05, 3.63) is 0 Å². The summed E-state index contributed by atoms with van der Waals surface area (Å²) in [5.41, 5.74) is 0.861. The van der Waals surface area contributed by atoms with Gasteiger partial charge >= 0.3 is 0 Å². The summed E-state index contributed by atoms with van der Waals surface area (Å²) in [6.45, 7) is 24.8. The molecule has 0 aromatic carbocycles. The summed E-state index contributed by atoms with van der Waals surface area (Å²) in [4.78, 5) is 10.5. The van der Waals surface area contributed by atoms with E-state index in [2.05, 4.69) is 55.4 Å². The van der Waals surface area contributed by atoms with Crippen LogP contribution in [0.5, 0.6) is 0 Å². The quantitative estimate of drug-likeness (QED) is 0.532. The fourth-order valence-electron chi connectivity index (χ4n) is 0. The van der Waals surface area contributed by atoms with E-state index in [4.69, 9.17) is 0 Å². The van der Waals surface area contributed by atoms with Crippen LogP contribution in [0.3, 0.4) is 0 Å². The molecule has 0 unspecified atom stereocenters. The first-order valence-electron chi connectivity index (χ1n) is 6.45. The molecule has 0 N–H and O–H groups in total. The number of carbonyl (C=O) groups excluding carboxylic acids is 1. The Hall–Kier alpha value is -0.330. The Morgan fingerprint density at radius 2 is 0.647 bits per heavy atom. The largest absolute Gasteiger partial charge is 0.299 e. The molecule has 17 heavy (non-hydrogen) atoms. The monoisotopic (exact) mass is 244 g/mol. The topological polar surface area (TPSA) is 17.1 Å². The number of ketones is 1. The molecular weight excluding hydrogens is 208 g/mol. The first-order chi connectivity index (χ1) is 6.94. The SMILES string of the molecule is CC(=O)C(C)(C)C.CC(C)(C)C.CC(C)(C)C. The van der Waals surface area contributed by atoms with Gasteiger partial charge in [0.1, 0.15) is 5.78 Å². The Bertz CT molecular complexity index is 169. The molecule has 0 atom stereocenters. The molecule has 0 saturated heterocycles. The number of hydrogen-bond acceptors (Lipinski definition) is 1. The third-order valence-corrected chi connectivity index (χ3v) is 1.06. The molecule has 0 bridgehead atoms. The lowest BCUT2D eigenvalue weighted by molar-refractivity contribution is -0.124. The van der Waals surface area contributed by atoms with Crippen LogP contribution in [-0.2, 0) is 4.79 Å². The minimum Gasteiger partial charge on any atom is -0.299 e. The second-order valence-corrected chi connectivity index (χ2v) is 8.81. The van der Waals surface area contributed by atoms with Gasteiger partial charge in [-0.2, -0.15) is 0 Å². The van der Waals surface area contributed by atoms with Gasteiger partial charge in [-0.15, -0.1) is 0 Å². The van der Waals surface area contributed by atoms with E-state index in [0.717, 1.165) is 0 Å². The van der Waals surface area contributed by atoms with Crippen molar-refractivity contribution in [3.8, 4) is 0 Å². The smallest absolute Gasteiger partial charge is 0.135 e. The lowest BCUT2D eigenvalue weighted by Gasteiger charge is -2.11. The Morgan fingerprint density at radius 1 is 0.588 bits per heavy atom. The van der Waals surface area contributed by atoms with E-state index in [0.29, 0.717) is 10.8 Å². The molecule has 0 aliphatic heterocycles. The highest BCUT2D eigenvalue weighted by atomic mass is 16.1. The van der Waals surface area contributed by atoms with Crippen molar-refractivity contribution in [3.63, 3.8) is 0 Å².